The number of ether oxygens (including phenoxy) is 1. The predicted octanol–water partition coefficient (Wildman–Crippen LogP) is 6.21. The molecule has 3 saturated carbocycles. The average Bonchev–Trinajstić information content (AvgIpc) is 3.01. The second-order valence-corrected chi connectivity index (χ2v) is 13.2. The molecule has 6 nitrogen and oxygen atoms in total. The third-order valence-electron chi connectivity index (χ3n) is 10.9. The first-order chi connectivity index (χ1) is 19.9. The molecule has 7 heteroatoms. The van der Waals surface area contributed by atoms with Gasteiger partial charge in [-0.15, -0.1) is 0 Å². The van der Waals surface area contributed by atoms with E-state index in [9.17, 15) is 18.8 Å². The monoisotopic (exact) mass is 568 g/mol. The van der Waals surface area contributed by atoms with Crippen molar-refractivity contribution in [3.8, 4) is 0 Å². The summed E-state index contributed by atoms with van der Waals surface area (Å²) in [6.45, 7) is 3.19. The third-order valence-corrected chi connectivity index (χ3v) is 10.9. The van der Waals surface area contributed by atoms with E-state index in [1.807, 2.05) is 11.8 Å². The van der Waals surface area contributed by atoms with Crippen molar-refractivity contribution in [1.29, 1.82) is 0 Å². The fraction of sp³-hybridized carbons (Fsp3) is 0.735. The van der Waals surface area contributed by atoms with E-state index in [1.165, 1.54) is 44.2 Å². The van der Waals surface area contributed by atoms with E-state index >= 15 is 0 Å². The number of nitrogens with zero attached hydrogens (tertiary/aromatic N) is 1. The van der Waals surface area contributed by atoms with E-state index < -0.39 is 11.5 Å². The molecule has 1 aromatic rings. The molecule has 1 N–H and O–H groups in total. The summed E-state index contributed by atoms with van der Waals surface area (Å²) in [5.41, 5.74) is 0.294. The van der Waals surface area contributed by atoms with Gasteiger partial charge in [-0.25, -0.2) is 4.39 Å². The van der Waals surface area contributed by atoms with Crippen LogP contribution in [0.3, 0.4) is 0 Å². The number of esters is 1. The summed E-state index contributed by atoms with van der Waals surface area (Å²) in [4.78, 5) is 42.7. The first-order valence-electron chi connectivity index (χ1n) is 16.4. The lowest BCUT2D eigenvalue weighted by Crippen LogP contribution is -2.56. The van der Waals surface area contributed by atoms with Crippen LogP contribution in [0.25, 0.3) is 0 Å². The summed E-state index contributed by atoms with van der Waals surface area (Å²) in [5, 5.41) is 3.15. The number of rotatable bonds is 8. The van der Waals surface area contributed by atoms with Crippen molar-refractivity contribution in [3.63, 3.8) is 0 Å². The highest BCUT2D eigenvalue weighted by molar-refractivity contribution is 5.89. The second-order valence-electron chi connectivity index (χ2n) is 13.2. The molecular weight excluding hydrogens is 519 g/mol. The summed E-state index contributed by atoms with van der Waals surface area (Å²) >= 11 is 0. The van der Waals surface area contributed by atoms with Gasteiger partial charge < -0.3 is 15.0 Å². The van der Waals surface area contributed by atoms with Crippen LogP contribution in [0.2, 0.25) is 0 Å². The van der Waals surface area contributed by atoms with E-state index in [-0.39, 0.29) is 29.5 Å². The molecule has 0 aromatic heterocycles. The number of hydrogen-bond donors (Lipinski definition) is 1. The Morgan fingerprint density at radius 3 is 2.27 bits per heavy atom. The van der Waals surface area contributed by atoms with Gasteiger partial charge in [0.25, 0.3) is 0 Å². The van der Waals surface area contributed by atoms with Gasteiger partial charge in [-0.05, 0) is 87.3 Å². The lowest BCUT2D eigenvalue weighted by Gasteiger charge is -2.46. The number of benzene rings is 1. The summed E-state index contributed by atoms with van der Waals surface area (Å²) in [7, 11) is 0. The van der Waals surface area contributed by atoms with Crippen LogP contribution in [0.5, 0.6) is 0 Å². The molecule has 0 radical (unpaired) electrons. The van der Waals surface area contributed by atoms with Crippen molar-refractivity contribution in [2.45, 2.75) is 109 Å². The summed E-state index contributed by atoms with van der Waals surface area (Å²) in [6.07, 6.45) is 15.1. The van der Waals surface area contributed by atoms with Gasteiger partial charge in [-0.3, -0.25) is 14.4 Å². The van der Waals surface area contributed by atoms with E-state index in [0.717, 1.165) is 56.4 Å². The van der Waals surface area contributed by atoms with Crippen LogP contribution in [0, 0.1) is 34.9 Å². The van der Waals surface area contributed by atoms with Crippen LogP contribution >= 0.6 is 0 Å². The molecular formula is C34H49FN2O4. The number of nitrogens with one attached hydrogen (secondary N) is 1. The molecule has 0 spiro atoms. The van der Waals surface area contributed by atoms with Gasteiger partial charge in [0.05, 0.1) is 12.0 Å². The lowest BCUT2D eigenvalue weighted by atomic mass is 9.63. The van der Waals surface area contributed by atoms with Crippen molar-refractivity contribution >= 4 is 17.8 Å². The van der Waals surface area contributed by atoms with Crippen LogP contribution in [-0.2, 0) is 25.5 Å². The second kappa shape index (κ2) is 13.7. The van der Waals surface area contributed by atoms with E-state index in [1.54, 1.807) is 12.1 Å². The van der Waals surface area contributed by atoms with Crippen LogP contribution in [0.1, 0.15) is 102 Å². The lowest BCUT2D eigenvalue weighted by molar-refractivity contribution is -0.166. The summed E-state index contributed by atoms with van der Waals surface area (Å²) in [5.74, 6) is 1.08. The SMILES string of the molecule is CCOC(=O)C1(C2CCCCC2)CCN(C(=O)C(Cc2ccc(F)cc2)NC(=O)C2CCC3CCCCC3C2)CC1. The van der Waals surface area contributed by atoms with Crippen LogP contribution < -0.4 is 5.32 Å². The molecule has 4 atom stereocenters. The summed E-state index contributed by atoms with van der Waals surface area (Å²) < 4.78 is 19.2. The maximum absolute atomic E-state index is 14.0. The zero-order chi connectivity index (χ0) is 28.8. The molecule has 4 unspecified atom stereocenters. The maximum atomic E-state index is 14.0. The normalized spacial score (nSPS) is 27.4. The highest BCUT2D eigenvalue weighted by atomic mass is 19.1. The zero-order valence-corrected chi connectivity index (χ0v) is 24.9. The molecule has 1 aromatic carbocycles. The molecule has 0 bridgehead atoms. The molecule has 226 valence electrons. The highest BCUT2D eigenvalue weighted by Gasteiger charge is 2.49. The number of carbonyl (C=O) groups is 3. The Balaban J connectivity index is 1.28. The minimum atomic E-state index is -0.707. The number of fused-ring (bicyclic) bond motifs is 1. The van der Waals surface area contributed by atoms with Crippen LogP contribution in [0.15, 0.2) is 24.3 Å². The first kappa shape index (κ1) is 30.0. The number of halogens is 1. The number of piperidine rings is 1. The molecule has 41 heavy (non-hydrogen) atoms. The average molecular weight is 569 g/mol. The minimum Gasteiger partial charge on any atom is -0.466 e. The van der Waals surface area contributed by atoms with Crippen molar-refractivity contribution in [2.75, 3.05) is 19.7 Å². The predicted molar refractivity (Wildman–Crippen MR) is 156 cm³/mol. The Morgan fingerprint density at radius 1 is 0.927 bits per heavy atom. The third kappa shape index (κ3) is 6.97. The van der Waals surface area contributed by atoms with E-state index in [0.29, 0.717) is 50.8 Å². The Bertz CT molecular complexity index is 1050. The van der Waals surface area contributed by atoms with Crippen molar-refractivity contribution in [1.82, 2.24) is 10.2 Å². The van der Waals surface area contributed by atoms with Gasteiger partial charge in [0.1, 0.15) is 11.9 Å². The molecule has 2 amide bonds. The number of amides is 2. The van der Waals surface area contributed by atoms with Gasteiger partial charge in [-0.1, -0.05) is 57.1 Å². The molecule has 1 heterocycles. The van der Waals surface area contributed by atoms with Gasteiger partial charge in [0.2, 0.25) is 11.8 Å². The fourth-order valence-electron chi connectivity index (χ4n) is 8.51. The number of likely N-dealkylation sites (tertiary alicyclic amines) is 1. The Labute approximate surface area is 245 Å². The molecule has 1 saturated heterocycles. The molecule has 4 aliphatic rings. The van der Waals surface area contributed by atoms with E-state index in [2.05, 4.69) is 5.32 Å². The maximum Gasteiger partial charge on any atom is 0.312 e. The zero-order valence-electron chi connectivity index (χ0n) is 24.9. The Kier molecular flexibility index (Phi) is 10.0. The first-order valence-corrected chi connectivity index (χ1v) is 16.4. The fourth-order valence-corrected chi connectivity index (χ4v) is 8.51. The smallest absolute Gasteiger partial charge is 0.312 e. The molecule has 5 rings (SSSR count). The van der Waals surface area contributed by atoms with Crippen molar-refractivity contribution in [3.05, 3.63) is 35.6 Å². The number of carbonyl (C=O) groups excluding carboxylic acids is 3. The molecule has 1 aliphatic heterocycles. The quantitative estimate of drug-likeness (QED) is 0.378. The van der Waals surface area contributed by atoms with Gasteiger partial charge >= 0.3 is 5.97 Å². The topological polar surface area (TPSA) is 75.7 Å². The highest BCUT2D eigenvalue weighted by Crippen LogP contribution is 2.47. The molecule has 4 fully saturated rings. The van der Waals surface area contributed by atoms with Crippen LogP contribution in [0.4, 0.5) is 4.39 Å². The van der Waals surface area contributed by atoms with Crippen molar-refractivity contribution < 1.29 is 23.5 Å². The van der Waals surface area contributed by atoms with Crippen molar-refractivity contribution in [2.24, 2.45) is 29.1 Å². The van der Waals surface area contributed by atoms with Crippen LogP contribution in [-0.4, -0.2) is 48.4 Å². The summed E-state index contributed by atoms with van der Waals surface area (Å²) in [6, 6.07) is 5.49. The van der Waals surface area contributed by atoms with E-state index in [4.69, 9.17) is 4.74 Å². The standard InChI is InChI=1S/C34H49FN2O4/c1-2-41-33(40)34(28-10-4-3-5-11-28)18-20-37(21-19-34)32(39)30(22-24-12-16-29(35)17-13-24)36-31(38)27-15-14-25-8-6-7-9-26(25)23-27/h12-13,16-17,25-28,30H,2-11,14-15,18-23H2,1H3,(H,36,38). The largest absolute Gasteiger partial charge is 0.466 e. The molecule has 3 aliphatic carbocycles. The van der Waals surface area contributed by atoms with Gasteiger partial charge in [0.15, 0.2) is 0 Å². The minimum absolute atomic E-state index is 0.0189. The Hall–Kier alpha value is -2.44. The van der Waals surface area contributed by atoms with Gasteiger partial charge in [-0.2, -0.15) is 0 Å². The Morgan fingerprint density at radius 2 is 1.59 bits per heavy atom. The number of hydrogen-bond acceptors (Lipinski definition) is 4. The van der Waals surface area contributed by atoms with Gasteiger partial charge in [0, 0.05) is 25.4 Å².